The van der Waals surface area contributed by atoms with E-state index < -0.39 is 0 Å². The predicted octanol–water partition coefficient (Wildman–Crippen LogP) is 3.10. The van der Waals surface area contributed by atoms with Crippen LogP contribution in [0, 0.1) is 6.92 Å². The number of piperazine rings is 1. The standard InChI is InChI=1S/C23H25N5O2/c1-18-7-9-19(10-8-18)17-22(29)26-13-15-27(16-14-26)23(30)24-21-11-12-28(25-21)20-5-3-2-4-6-20/h2-12H,13-17H2,1H3,(H,24,25,30). The first kappa shape index (κ1) is 19.7. The van der Waals surface area contributed by atoms with Crippen molar-refractivity contribution in [3.63, 3.8) is 0 Å². The molecule has 0 bridgehead atoms. The monoisotopic (exact) mass is 403 g/mol. The average molecular weight is 403 g/mol. The van der Waals surface area contributed by atoms with Crippen LogP contribution < -0.4 is 5.32 Å². The molecule has 0 unspecified atom stereocenters. The Kier molecular flexibility index (Phi) is 5.79. The zero-order valence-electron chi connectivity index (χ0n) is 17.0. The highest BCUT2D eigenvalue weighted by Gasteiger charge is 2.24. The summed E-state index contributed by atoms with van der Waals surface area (Å²) in [6.07, 6.45) is 2.20. The lowest BCUT2D eigenvalue weighted by molar-refractivity contribution is -0.131. The van der Waals surface area contributed by atoms with Crippen LogP contribution >= 0.6 is 0 Å². The molecule has 1 saturated heterocycles. The van der Waals surface area contributed by atoms with Gasteiger partial charge in [0.05, 0.1) is 12.1 Å². The maximum atomic E-state index is 12.6. The molecule has 1 aliphatic heterocycles. The van der Waals surface area contributed by atoms with Crippen LogP contribution in [-0.2, 0) is 11.2 Å². The number of urea groups is 1. The largest absolute Gasteiger partial charge is 0.339 e. The van der Waals surface area contributed by atoms with E-state index in [2.05, 4.69) is 10.4 Å². The SMILES string of the molecule is Cc1ccc(CC(=O)N2CCN(C(=O)Nc3ccn(-c4ccccc4)n3)CC2)cc1. The number of nitrogens with one attached hydrogen (secondary N) is 1. The molecule has 2 heterocycles. The molecule has 1 N–H and O–H groups in total. The number of hydrogen-bond donors (Lipinski definition) is 1. The van der Waals surface area contributed by atoms with Gasteiger partial charge >= 0.3 is 6.03 Å². The van der Waals surface area contributed by atoms with E-state index in [-0.39, 0.29) is 11.9 Å². The number of amides is 3. The van der Waals surface area contributed by atoms with Crippen LogP contribution in [0.15, 0.2) is 66.9 Å². The van der Waals surface area contributed by atoms with E-state index >= 15 is 0 Å². The van der Waals surface area contributed by atoms with Gasteiger partial charge in [0, 0.05) is 38.4 Å². The van der Waals surface area contributed by atoms with Crippen molar-refractivity contribution in [3.8, 4) is 5.69 Å². The Hall–Kier alpha value is -3.61. The molecule has 2 aromatic carbocycles. The van der Waals surface area contributed by atoms with Crippen molar-refractivity contribution in [1.29, 1.82) is 0 Å². The Labute approximate surface area is 175 Å². The second-order valence-corrected chi connectivity index (χ2v) is 7.44. The summed E-state index contributed by atoms with van der Waals surface area (Å²) in [6.45, 7) is 4.12. The smallest absolute Gasteiger partial charge is 0.323 e. The van der Waals surface area contributed by atoms with E-state index in [1.807, 2.05) is 72.6 Å². The van der Waals surface area contributed by atoms with E-state index in [1.54, 1.807) is 15.6 Å². The fourth-order valence-electron chi connectivity index (χ4n) is 3.46. The van der Waals surface area contributed by atoms with Crippen molar-refractivity contribution in [2.75, 3.05) is 31.5 Å². The summed E-state index contributed by atoms with van der Waals surface area (Å²) < 4.78 is 1.72. The zero-order valence-corrected chi connectivity index (χ0v) is 17.0. The number of carbonyl (C=O) groups is 2. The number of para-hydroxylation sites is 1. The molecule has 30 heavy (non-hydrogen) atoms. The normalized spacial score (nSPS) is 13.9. The van der Waals surface area contributed by atoms with Crippen molar-refractivity contribution in [3.05, 3.63) is 78.0 Å². The maximum absolute atomic E-state index is 12.6. The summed E-state index contributed by atoms with van der Waals surface area (Å²) in [5, 5.41) is 7.25. The topological polar surface area (TPSA) is 70.5 Å². The Balaban J connectivity index is 1.27. The van der Waals surface area contributed by atoms with E-state index in [9.17, 15) is 9.59 Å². The van der Waals surface area contributed by atoms with Crippen LogP contribution in [0.5, 0.6) is 0 Å². The molecule has 0 spiro atoms. The number of nitrogens with zero attached hydrogens (tertiary/aromatic N) is 4. The Morgan fingerprint density at radius 3 is 2.27 bits per heavy atom. The molecular weight excluding hydrogens is 378 g/mol. The van der Waals surface area contributed by atoms with Gasteiger partial charge in [-0.1, -0.05) is 48.0 Å². The first-order valence-electron chi connectivity index (χ1n) is 10.1. The molecule has 1 aromatic heterocycles. The molecule has 4 rings (SSSR count). The number of benzene rings is 2. The van der Waals surface area contributed by atoms with Crippen molar-refractivity contribution in [2.45, 2.75) is 13.3 Å². The van der Waals surface area contributed by atoms with Gasteiger partial charge in [0.2, 0.25) is 5.91 Å². The summed E-state index contributed by atoms with van der Waals surface area (Å²) in [6, 6.07) is 19.3. The van der Waals surface area contributed by atoms with E-state index in [0.29, 0.717) is 38.4 Å². The summed E-state index contributed by atoms with van der Waals surface area (Å²) in [5.74, 6) is 0.599. The van der Waals surface area contributed by atoms with Crippen LogP contribution in [0.1, 0.15) is 11.1 Å². The van der Waals surface area contributed by atoms with Gasteiger partial charge in [-0.2, -0.15) is 0 Å². The third-order valence-corrected chi connectivity index (χ3v) is 5.24. The number of aromatic nitrogens is 2. The van der Waals surface area contributed by atoms with Crippen molar-refractivity contribution < 1.29 is 9.59 Å². The summed E-state index contributed by atoms with van der Waals surface area (Å²) >= 11 is 0. The predicted molar refractivity (Wildman–Crippen MR) is 116 cm³/mol. The van der Waals surface area contributed by atoms with Crippen LogP contribution in [0.4, 0.5) is 10.6 Å². The van der Waals surface area contributed by atoms with Crippen molar-refractivity contribution in [2.24, 2.45) is 0 Å². The summed E-state index contributed by atoms with van der Waals surface area (Å²) in [7, 11) is 0. The van der Waals surface area contributed by atoms with E-state index in [0.717, 1.165) is 11.3 Å². The molecular formula is C23H25N5O2. The van der Waals surface area contributed by atoms with Crippen molar-refractivity contribution >= 4 is 17.8 Å². The van der Waals surface area contributed by atoms with Gasteiger partial charge in [-0.3, -0.25) is 10.1 Å². The highest BCUT2D eigenvalue weighted by atomic mass is 16.2. The number of aryl methyl sites for hydroxylation is 1. The van der Waals surface area contributed by atoms with Crippen molar-refractivity contribution in [1.82, 2.24) is 19.6 Å². The Morgan fingerprint density at radius 1 is 0.900 bits per heavy atom. The van der Waals surface area contributed by atoms with Gasteiger partial charge < -0.3 is 9.80 Å². The van der Waals surface area contributed by atoms with E-state index in [1.165, 1.54) is 5.56 Å². The average Bonchev–Trinajstić information content (AvgIpc) is 3.24. The first-order chi connectivity index (χ1) is 14.6. The van der Waals surface area contributed by atoms with Gasteiger partial charge in [-0.25, -0.2) is 9.48 Å². The number of hydrogen-bond acceptors (Lipinski definition) is 3. The van der Waals surface area contributed by atoms with Crippen LogP contribution in [0.25, 0.3) is 5.69 Å². The zero-order chi connectivity index (χ0) is 20.9. The lowest BCUT2D eigenvalue weighted by Crippen LogP contribution is -2.52. The lowest BCUT2D eigenvalue weighted by atomic mass is 10.1. The Morgan fingerprint density at radius 2 is 1.57 bits per heavy atom. The van der Waals surface area contributed by atoms with E-state index in [4.69, 9.17) is 0 Å². The number of rotatable bonds is 4. The molecule has 3 aromatic rings. The highest BCUT2D eigenvalue weighted by Crippen LogP contribution is 2.12. The molecule has 0 radical (unpaired) electrons. The van der Waals surface area contributed by atoms with Gasteiger partial charge in [0.15, 0.2) is 5.82 Å². The maximum Gasteiger partial charge on any atom is 0.323 e. The van der Waals surface area contributed by atoms with Gasteiger partial charge in [0.25, 0.3) is 0 Å². The fraction of sp³-hybridized carbons (Fsp3) is 0.261. The quantitative estimate of drug-likeness (QED) is 0.728. The van der Waals surface area contributed by atoms with Gasteiger partial charge in [-0.15, -0.1) is 5.10 Å². The second kappa shape index (κ2) is 8.82. The van der Waals surface area contributed by atoms with Gasteiger partial charge in [-0.05, 0) is 24.6 Å². The summed E-state index contributed by atoms with van der Waals surface area (Å²) in [4.78, 5) is 28.7. The molecule has 7 heteroatoms. The third-order valence-electron chi connectivity index (χ3n) is 5.24. The van der Waals surface area contributed by atoms with Crippen LogP contribution in [0.3, 0.4) is 0 Å². The minimum atomic E-state index is -0.195. The molecule has 0 aliphatic carbocycles. The third kappa shape index (κ3) is 4.68. The van der Waals surface area contributed by atoms with Crippen LogP contribution in [0.2, 0.25) is 0 Å². The number of carbonyl (C=O) groups excluding carboxylic acids is 2. The molecule has 0 atom stereocenters. The minimum absolute atomic E-state index is 0.0977. The number of anilines is 1. The molecule has 154 valence electrons. The van der Waals surface area contributed by atoms with Gasteiger partial charge in [0.1, 0.15) is 0 Å². The minimum Gasteiger partial charge on any atom is -0.339 e. The molecule has 7 nitrogen and oxygen atoms in total. The Bertz CT molecular complexity index is 1010. The summed E-state index contributed by atoms with van der Waals surface area (Å²) in [5.41, 5.74) is 3.12. The molecule has 0 saturated carbocycles. The molecule has 3 amide bonds. The highest BCUT2D eigenvalue weighted by molar-refractivity contribution is 5.88. The second-order valence-electron chi connectivity index (χ2n) is 7.44. The lowest BCUT2D eigenvalue weighted by Gasteiger charge is -2.34. The van der Waals surface area contributed by atoms with Crippen LogP contribution in [-0.4, -0.2) is 57.7 Å². The first-order valence-corrected chi connectivity index (χ1v) is 10.1. The molecule has 1 aliphatic rings. The fourth-order valence-corrected chi connectivity index (χ4v) is 3.46. The molecule has 1 fully saturated rings.